The van der Waals surface area contributed by atoms with E-state index >= 15 is 0 Å². The van der Waals surface area contributed by atoms with E-state index in [1.165, 1.54) is 17.0 Å². The number of hydrogen-bond donors (Lipinski definition) is 0. The highest BCUT2D eigenvalue weighted by Gasteiger charge is 2.34. The van der Waals surface area contributed by atoms with Gasteiger partial charge in [0, 0.05) is 24.3 Å². The molecule has 0 saturated heterocycles. The zero-order valence-corrected chi connectivity index (χ0v) is 14.5. The molecule has 0 spiro atoms. The second-order valence-corrected chi connectivity index (χ2v) is 5.04. The van der Waals surface area contributed by atoms with Crippen LogP contribution in [0.25, 0.3) is 5.69 Å². The van der Waals surface area contributed by atoms with Crippen LogP contribution in [0.5, 0.6) is 0 Å². The molecule has 0 aliphatic heterocycles. The highest BCUT2D eigenvalue weighted by atomic mass is 35.5. The molecular weight excluding hydrogens is 383 g/mol. The van der Waals surface area contributed by atoms with Gasteiger partial charge in [-0.3, -0.25) is 0 Å². The van der Waals surface area contributed by atoms with E-state index in [0.29, 0.717) is 12.2 Å². The Morgan fingerprint density at radius 2 is 1.84 bits per heavy atom. The minimum Gasteiger partial charge on any atom is -0.329 e. The fraction of sp³-hybridized carbons (Fsp3) is 0.200. The normalized spacial score (nSPS) is 10.9. The maximum atomic E-state index is 13.3. The first-order valence-electron chi connectivity index (χ1n) is 6.72. The van der Waals surface area contributed by atoms with Gasteiger partial charge in [0.1, 0.15) is 11.6 Å². The fourth-order valence-corrected chi connectivity index (χ4v) is 2.22. The molecule has 0 aliphatic rings. The predicted octanol–water partition coefficient (Wildman–Crippen LogP) is 4.43. The van der Waals surface area contributed by atoms with Crippen LogP contribution in [0, 0.1) is 12.7 Å². The number of nitrogens with zero attached hydrogens (tertiary/aromatic N) is 4. The zero-order valence-electron chi connectivity index (χ0n) is 12.9. The molecular formula is C15H14Cl2F4N4. The average molecular weight is 397 g/mol. The molecule has 0 amide bonds. The molecule has 3 rings (SSSR count). The third-order valence-corrected chi connectivity index (χ3v) is 3.45. The van der Waals surface area contributed by atoms with Crippen LogP contribution in [0.4, 0.5) is 17.6 Å². The Hall–Kier alpha value is -2.06. The number of benzene rings is 1. The quantitative estimate of drug-likeness (QED) is 0.614. The summed E-state index contributed by atoms with van der Waals surface area (Å²) in [6.45, 7) is 2.29. The lowest BCUT2D eigenvalue weighted by Crippen LogP contribution is -2.09. The Labute approximate surface area is 153 Å². The van der Waals surface area contributed by atoms with E-state index in [2.05, 4.69) is 9.97 Å². The number of halogens is 6. The Balaban J connectivity index is 0.00000156. The summed E-state index contributed by atoms with van der Waals surface area (Å²) in [4.78, 5) is 8.25. The van der Waals surface area contributed by atoms with Crippen molar-refractivity contribution in [1.82, 2.24) is 19.1 Å². The van der Waals surface area contributed by atoms with Crippen LogP contribution in [0.1, 0.15) is 17.1 Å². The SMILES string of the molecule is Cc1nccn1Cc1cn(-c2ccc(F)c(C(F)(F)F)c2)cn1.Cl.Cl. The van der Waals surface area contributed by atoms with Crippen molar-refractivity contribution in [2.45, 2.75) is 19.6 Å². The number of alkyl halides is 3. The van der Waals surface area contributed by atoms with E-state index in [9.17, 15) is 17.6 Å². The summed E-state index contributed by atoms with van der Waals surface area (Å²) in [7, 11) is 0. The van der Waals surface area contributed by atoms with Gasteiger partial charge < -0.3 is 9.13 Å². The molecule has 0 saturated carbocycles. The Morgan fingerprint density at radius 3 is 2.44 bits per heavy atom. The van der Waals surface area contributed by atoms with E-state index in [1.54, 1.807) is 18.6 Å². The van der Waals surface area contributed by atoms with Crippen molar-refractivity contribution in [2.75, 3.05) is 0 Å². The molecule has 25 heavy (non-hydrogen) atoms. The molecule has 1 aromatic carbocycles. The van der Waals surface area contributed by atoms with E-state index in [-0.39, 0.29) is 30.5 Å². The first kappa shape index (κ1) is 21.0. The van der Waals surface area contributed by atoms with E-state index < -0.39 is 17.6 Å². The summed E-state index contributed by atoms with van der Waals surface area (Å²) in [5.41, 5.74) is -0.445. The maximum absolute atomic E-state index is 13.3. The molecule has 0 fully saturated rings. The van der Waals surface area contributed by atoms with Crippen LogP contribution < -0.4 is 0 Å². The molecule has 0 bridgehead atoms. The van der Waals surface area contributed by atoms with Crippen molar-refractivity contribution < 1.29 is 17.6 Å². The number of imidazole rings is 2. The molecule has 0 atom stereocenters. The molecule has 0 radical (unpaired) electrons. The zero-order chi connectivity index (χ0) is 16.6. The van der Waals surface area contributed by atoms with Gasteiger partial charge in [-0.25, -0.2) is 14.4 Å². The molecule has 3 aromatic rings. The monoisotopic (exact) mass is 396 g/mol. The van der Waals surface area contributed by atoms with E-state index in [4.69, 9.17) is 0 Å². The third kappa shape index (κ3) is 4.52. The summed E-state index contributed by atoms with van der Waals surface area (Å²) < 4.78 is 54.9. The van der Waals surface area contributed by atoms with Crippen molar-refractivity contribution >= 4 is 24.8 Å². The summed E-state index contributed by atoms with van der Waals surface area (Å²) in [6, 6.07) is 2.85. The lowest BCUT2D eigenvalue weighted by molar-refractivity contribution is -0.140. The van der Waals surface area contributed by atoms with Crippen LogP contribution >= 0.6 is 24.8 Å². The summed E-state index contributed by atoms with van der Waals surface area (Å²) in [5.74, 6) is -0.490. The van der Waals surface area contributed by atoms with Crippen LogP contribution in [-0.2, 0) is 12.7 Å². The molecule has 2 aromatic heterocycles. The van der Waals surface area contributed by atoms with Crippen LogP contribution in [-0.4, -0.2) is 19.1 Å². The van der Waals surface area contributed by atoms with Gasteiger partial charge in [-0.2, -0.15) is 13.2 Å². The number of hydrogen-bond acceptors (Lipinski definition) is 2. The molecule has 10 heteroatoms. The minimum atomic E-state index is -4.74. The number of aromatic nitrogens is 4. The van der Waals surface area contributed by atoms with E-state index in [0.717, 1.165) is 18.0 Å². The van der Waals surface area contributed by atoms with Crippen molar-refractivity contribution in [3.63, 3.8) is 0 Å². The van der Waals surface area contributed by atoms with Crippen molar-refractivity contribution in [1.29, 1.82) is 0 Å². The Kier molecular flexibility index (Phi) is 6.61. The van der Waals surface area contributed by atoms with Gasteiger partial charge in [0.2, 0.25) is 0 Å². The van der Waals surface area contributed by atoms with Gasteiger partial charge in [0.15, 0.2) is 0 Å². The van der Waals surface area contributed by atoms with E-state index in [1.807, 2.05) is 11.5 Å². The smallest absolute Gasteiger partial charge is 0.329 e. The summed E-state index contributed by atoms with van der Waals surface area (Å²) in [6.07, 6.45) is 1.70. The molecule has 4 nitrogen and oxygen atoms in total. The van der Waals surface area contributed by atoms with Crippen LogP contribution in [0.2, 0.25) is 0 Å². The second kappa shape index (κ2) is 7.88. The highest BCUT2D eigenvalue weighted by Crippen LogP contribution is 2.32. The van der Waals surface area contributed by atoms with Gasteiger partial charge in [-0.1, -0.05) is 0 Å². The van der Waals surface area contributed by atoms with Crippen LogP contribution in [0.3, 0.4) is 0 Å². The fourth-order valence-electron chi connectivity index (χ4n) is 2.22. The first-order chi connectivity index (χ1) is 10.8. The lowest BCUT2D eigenvalue weighted by Gasteiger charge is -2.10. The predicted molar refractivity (Wildman–Crippen MR) is 89.1 cm³/mol. The molecule has 2 heterocycles. The summed E-state index contributed by atoms with van der Waals surface area (Å²) >= 11 is 0. The maximum Gasteiger partial charge on any atom is 0.419 e. The number of rotatable bonds is 3. The van der Waals surface area contributed by atoms with Gasteiger partial charge in [-0.15, -0.1) is 24.8 Å². The summed E-state index contributed by atoms with van der Waals surface area (Å²) in [5, 5.41) is 0. The number of aryl methyl sites for hydroxylation is 1. The van der Waals surface area contributed by atoms with Crippen molar-refractivity contribution in [3.05, 3.63) is 66.0 Å². The average Bonchev–Trinajstić information content (AvgIpc) is 3.09. The Morgan fingerprint density at radius 1 is 1.12 bits per heavy atom. The molecule has 0 aliphatic carbocycles. The van der Waals surface area contributed by atoms with Gasteiger partial charge in [0.05, 0.1) is 24.1 Å². The molecule has 136 valence electrons. The van der Waals surface area contributed by atoms with Crippen LogP contribution in [0.15, 0.2) is 43.1 Å². The minimum absolute atomic E-state index is 0. The third-order valence-electron chi connectivity index (χ3n) is 3.45. The molecule has 0 N–H and O–H groups in total. The van der Waals surface area contributed by atoms with Gasteiger partial charge in [-0.05, 0) is 25.1 Å². The topological polar surface area (TPSA) is 35.6 Å². The van der Waals surface area contributed by atoms with Gasteiger partial charge >= 0.3 is 6.18 Å². The Bertz CT molecular complexity index is 842. The standard InChI is InChI=1S/C15H12F4N4.2ClH/c1-10-20-4-5-22(10)7-11-8-23(9-21-11)12-2-3-14(16)13(6-12)15(17,18)19;;/h2-6,8-9H,7H2,1H3;2*1H. The molecule has 0 unspecified atom stereocenters. The van der Waals surface area contributed by atoms with Crippen molar-refractivity contribution in [2.24, 2.45) is 0 Å². The first-order valence-corrected chi connectivity index (χ1v) is 6.72. The highest BCUT2D eigenvalue weighted by molar-refractivity contribution is 5.85. The second-order valence-electron chi connectivity index (χ2n) is 5.04. The largest absolute Gasteiger partial charge is 0.419 e. The van der Waals surface area contributed by atoms with Gasteiger partial charge in [0.25, 0.3) is 0 Å². The van der Waals surface area contributed by atoms with Crippen molar-refractivity contribution in [3.8, 4) is 5.69 Å². The lowest BCUT2D eigenvalue weighted by atomic mass is 10.2.